The molecule has 0 spiro atoms. The molecule has 0 aliphatic rings. The highest BCUT2D eigenvalue weighted by molar-refractivity contribution is 6.31. The average molecular weight is 469 g/mol. The molecule has 1 atom stereocenters. The Kier molecular flexibility index (Phi) is 6.48. The van der Waals surface area contributed by atoms with E-state index in [2.05, 4.69) is 5.10 Å². The van der Waals surface area contributed by atoms with Gasteiger partial charge in [0.2, 0.25) is 0 Å². The van der Waals surface area contributed by atoms with Gasteiger partial charge < -0.3 is 5.73 Å². The molecule has 4 aromatic rings. The van der Waals surface area contributed by atoms with Crippen LogP contribution in [0, 0.1) is 11.6 Å². The molecule has 4 rings (SSSR count). The lowest BCUT2D eigenvalue weighted by atomic mass is 10.1. The van der Waals surface area contributed by atoms with Crippen molar-refractivity contribution < 1.29 is 8.78 Å². The molecule has 9 heteroatoms. The third-order valence-corrected chi connectivity index (χ3v) is 5.58. The van der Waals surface area contributed by atoms with E-state index in [-0.39, 0.29) is 34.9 Å². The number of nitrogens with zero attached hydrogens (tertiary/aromatic N) is 3. The molecule has 0 aliphatic carbocycles. The molecule has 2 N–H and O–H groups in total. The van der Waals surface area contributed by atoms with Crippen LogP contribution in [-0.2, 0) is 13.1 Å². The summed E-state index contributed by atoms with van der Waals surface area (Å²) in [4.78, 5) is 26.4. The monoisotopic (exact) mass is 468 g/mol. The van der Waals surface area contributed by atoms with E-state index in [1.54, 1.807) is 30.3 Å². The van der Waals surface area contributed by atoms with Crippen LogP contribution in [0.15, 0.2) is 82.4 Å². The summed E-state index contributed by atoms with van der Waals surface area (Å²) in [6, 6.07) is 17.9. The predicted octanol–water partition coefficient (Wildman–Crippen LogP) is 3.75. The minimum absolute atomic E-state index is 0.0193. The molecule has 0 bridgehead atoms. The van der Waals surface area contributed by atoms with Gasteiger partial charge in [-0.25, -0.2) is 18.3 Å². The molecule has 0 radical (unpaired) electrons. The normalized spacial score (nSPS) is 12.0. The Bertz CT molecular complexity index is 1400. The Morgan fingerprint density at radius 1 is 0.909 bits per heavy atom. The van der Waals surface area contributed by atoms with Crippen LogP contribution in [0.4, 0.5) is 8.78 Å². The first-order valence-electron chi connectivity index (χ1n) is 10.1. The topological polar surface area (TPSA) is 82.9 Å². The van der Waals surface area contributed by atoms with Crippen molar-refractivity contribution >= 4 is 11.6 Å². The first-order chi connectivity index (χ1) is 15.9. The lowest BCUT2D eigenvalue weighted by Crippen LogP contribution is -2.44. The molecule has 33 heavy (non-hydrogen) atoms. The van der Waals surface area contributed by atoms with Crippen molar-refractivity contribution in [2.75, 3.05) is 0 Å². The second-order valence-electron chi connectivity index (χ2n) is 7.40. The highest BCUT2D eigenvalue weighted by atomic mass is 35.5. The van der Waals surface area contributed by atoms with E-state index < -0.39 is 28.9 Å². The molecule has 3 aromatic carbocycles. The van der Waals surface area contributed by atoms with E-state index in [0.29, 0.717) is 5.56 Å². The van der Waals surface area contributed by atoms with E-state index in [4.69, 9.17) is 17.3 Å². The van der Waals surface area contributed by atoms with Crippen molar-refractivity contribution in [3.63, 3.8) is 0 Å². The maximum Gasteiger partial charge on any atom is 0.347 e. The van der Waals surface area contributed by atoms with Crippen molar-refractivity contribution in [2.24, 2.45) is 5.73 Å². The smallest absolute Gasteiger partial charge is 0.322 e. The minimum Gasteiger partial charge on any atom is -0.322 e. The Labute approximate surface area is 192 Å². The number of hydrogen-bond acceptors (Lipinski definition) is 4. The number of aromatic nitrogens is 3. The number of nitrogens with two attached hydrogens (primary N) is 1. The quantitative estimate of drug-likeness (QED) is 0.467. The van der Waals surface area contributed by atoms with E-state index in [9.17, 15) is 18.4 Å². The zero-order valence-corrected chi connectivity index (χ0v) is 18.0. The Morgan fingerprint density at radius 3 is 2.27 bits per heavy atom. The summed E-state index contributed by atoms with van der Waals surface area (Å²) < 4.78 is 30.7. The van der Waals surface area contributed by atoms with Crippen molar-refractivity contribution in [1.82, 2.24) is 14.3 Å². The van der Waals surface area contributed by atoms with E-state index in [1.165, 1.54) is 36.4 Å². The van der Waals surface area contributed by atoms with Gasteiger partial charge in [-0.1, -0.05) is 60.1 Å². The van der Waals surface area contributed by atoms with Crippen molar-refractivity contribution in [2.45, 2.75) is 19.1 Å². The summed E-state index contributed by atoms with van der Waals surface area (Å²) in [5, 5.41) is 4.18. The fraction of sp³-hybridized carbons (Fsp3) is 0.125. The van der Waals surface area contributed by atoms with Crippen LogP contribution in [0.2, 0.25) is 5.02 Å². The van der Waals surface area contributed by atoms with Crippen LogP contribution in [0.25, 0.3) is 11.3 Å². The van der Waals surface area contributed by atoms with Crippen LogP contribution in [0.1, 0.15) is 17.2 Å². The lowest BCUT2D eigenvalue weighted by molar-refractivity contribution is 0.477. The van der Waals surface area contributed by atoms with Gasteiger partial charge in [-0.3, -0.25) is 9.36 Å². The molecule has 0 saturated carbocycles. The Hall–Kier alpha value is -3.62. The van der Waals surface area contributed by atoms with Crippen LogP contribution in [-0.4, -0.2) is 14.3 Å². The molecule has 1 aromatic heterocycles. The predicted molar refractivity (Wildman–Crippen MR) is 122 cm³/mol. The summed E-state index contributed by atoms with van der Waals surface area (Å²) >= 11 is 6.12. The third-order valence-electron chi connectivity index (χ3n) is 5.23. The van der Waals surface area contributed by atoms with E-state index in [0.717, 1.165) is 9.25 Å². The van der Waals surface area contributed by atoms with Gasteiger partial charge in [0.05, 0.1) is 13.1 Å². The SMILES string of the molecule is NC(Cn1c(=O)c(-c2ccccc2F)nn(Cc2c(F)cccc2Cl)c1=O)c1ccccc1. The maximum atomic E-state index is 14.5. The summed E-state index contributed by atoms with van der Waals surface area (Å²) in [6.45, 7) is -0.538. The largest absolute Gasteiger partial charge is 0.347 e. The standard InChI is InChI=1S/C24H19ClF2N4O2/c25-18-10-6-12-20(27)17(18)13-31-24(33)30(14-21(28)15-7-2-1-3-8-15)23(32)22(29-31)16-9-4-5-11-19(16)26/h1-12,21H,13-14,28H2. The maximum absolute atomic E-state index is 14.5. The molecule has 1 unspecified atom stereocenters. The average Bonchev–Trinajstić information content (AvgIpc) is 2.81. The number of rotatable bonds is 6. The third kappa shape index (κ3) is 4.62. The Morgan fingerprint density at radius 2 is 1.58 bits per heavy atom. The van der Waals surface area contributed by atoms with Crippen LogP contribution < -0.4 is 17.0 Å². The van der Waals surface area contributed by atoms with Crippen LogP contribution >= 0.6 is 11.6 Å². The van der Waals surface area contributed by atoms with Crippen LogP contribution in [0.3, 0.4) is 0 Å². The first kappa shape index (κ1) is 22.6. The van der Waals surface area contributed by atoms with Gasteiger partial charge in [0, 0.05) is 22.2 Å². The lowest BCUT2D eigenvalue weighted by Gasteiger charge is -2.17. The fourth-order valence-corrected chi connectivity index (χ4v) is 3.70. The summed E-state index contributed by atoms with van der Waals surface area (Å²) in [7, 11) is 0. The minimum atomic E-state index is -0.814. The highest BCUT2D eigenvalue weighted by Gasteiger charge is 2.21. The first-order valence-corrected chi connectivity index (χ1v) is 10.4. The van der Waals surface area contributed by atoms with E-state index >= 15 is 0 Å². The molecule has 168 valence electrons. The van der Waals surface area contributed by atoms with Gasteiger partial charge in [0.1, 0.15) is 11.6 Å². The molecular weight excluding hydrogens is 450 g/mol. The van der Waals surface area contributed by atoms with Gasteiger partial charge in [0.15, 0.2) is 5.69 Å². The molecule has 0 aliphatic heterocycles. The van der Waals surface area contributed by atoms with Crippen molar-refractivity contribution in [3.8, 4) is 11.3 Å². The van der Waals surface area contributed by atoms with Gasteiger partial charge in [-0.2, -0.15) is 5.10 Å². The van der Waals surface area contributed by atoms with Gasteiger partial charge in [-0.05, 0) is 29.8 Å². The van der Waals surface area contributed by atoms with Crippen molar-refractivity contribution in [3.05, 3.63) is 121 Å². The molecule has 1 heterocycles. The molecule has 0 amide bonds. The molecular formula is C24H19ClF2N4O2. The molecule has 6 nitrogen and oxygen atoms in total. The van der Waals surface area contributed by atoms with Gasteiger partial charge in [0.25, 0.3) is 5.56 Å². The summed E-state index contributed by atoms with van der Waals surface area (Å²) in [5.74, 6) is -1.32. The number of halogens is 3. The van der Waals surface area contributed by atoms with Gasteiger partial charge in [-0.15, -0.1) is 0 Å². The van der Waals surface area contributed by atoms with Crippen LogP contribution in [0.5, 0.6) is 0 Å². The fourth-order valence-electron chi connectivity index (χ4n) is 3.48. The zero-order chi connectivity index (χ0) is 23.5. The number of hydrogen-bond donors (Lipinski definition) is 1. The highest BCUT2D eigenvalue weighted by Crippen LogP contribution is 2.21. The summed E-state index contributed by atoms with van der Waals surface area (Å²) in [5.41, 5.74) is 4.99. The zero-order valence-electron chi connectivity index (χ0n) is 17.3. The second-order valence-corrected chi connectivity index (χ2v) is 7.81. The molecule has 0 saturated heterocycles. The molecule has 0 fully saturated rings. The second kappa shape index (κ2) is 9.48. The van der Waals surface area contributed by atoms with E-state index in [1.807, 2.05) is 6.07 Å². The number of benzene rings is 3. The Balaban J connectivity index is 1.89. The van der Waals surface area contributed by atoms with Crippen molar-refractivity contribution in [1.29, 1.82) is 0 Å². The van der Waals surface area contributed by atoms with Gasteiger partial charge >= 0.3 is 5.69 Å². The summed E-state index contributed by atoms with van der Waals surface area (Å²) in [6.07, 6.45) is 0.